The second kappa shape index (κ2) is 5.94. The zero-order valence-electron chi connectivity index (χ0n) is 11.7. The number of halogens is 2. The maximum Gasteiger partial charge on any atom is 0.152 e. The minimum Gasteiger partial charge on any atom is -0.505 e. The lowest BCUT2D eigenvalue weighted by Gasteiger charge is -2.13. The summed E-state index contributed by atoms with van der Waals surface area (Å²) in [5.41, 5.74) is 5.83. The Labute approximate surface area is 129 Å². The van der Waals surface area contributed by atoms with Crippen LogP contribution in [0.15, 0.2) is 24.3 Å². The summed E-state index contributed by atoms with van der Waals surface area (Å²) in [5.74, 6) is -0.0822. The van der Waals surface area contributed by atoms with Crippen molar-refractivity contribution < 1.29 is 5.11 Å². The standard InChI is InChI=1S/C16H17Cl2NO/c1-9-4-11(3)12(5-10(9)2)8-19-13-6-14(17)16(20)15(18)7-13/h4-7,19-20H,8H2,1-3H3. The maximum atomic E-state index is 9.54. The number of benzene rings is 2. The average molecular weight is 310 g/mol. The molecule has 4 heteroatoms. The Morgan fingerprint density at radius 1 is 0.900 bits per heavy atom. The molecule has 106 valence electrons. The minimum atomic E-state index is -0.0822. The molecule has 2 aromatic carbocycles. The molecule has 2 nitrogen and oxygen atoms in total. The molecule has 20 heavy (non-hydrogen) atoms. The topological polar surface area (TPSA) is 32.3 Å². The molecule has 2 rings (SSSR count). The first-order chi connectivity index (χ1) is 9.38. The smallest absolute Gasteiger partial charge is 0.152 e. The van der Waals surface area contributed by atoms with Crippen LogP contribution in [0.2, 0.25) is 10.0 Å². The number of hydrogen-bond acceptors (Lipinski definition) is 2. The highest BCUT2D eigenvalue weighted by molar-refractivity contribution is 6.37. The highest BCUT2D eigenvalue weighted by atomic mass is 35.5. The van der Waals surface area contributed by atoms with E-state index in [9.17, 15) is 5.11 Å². The fourth-order valence-electron chi connectivity index (χ4n) is 2.08. The van der Waals surface area contributed by atoms with Gasteiger partial charge in [0.2, 0.25) is 0 Å². The molecule has 0 amide bonds. The van der Waals surface area contributed by atoms with Gasteiger partial charge < -0.3 is 10.4 Å². The third-order valence-electron chi connectivity index (χ3n) is 3.45. The van der Waals surface area contributed by atoms with E-state index in [1.165, 1.54) is 22.3 Å². The first kappa shape index (κ1) is 15.0. The van der Waals surface area contributed by atoms with E-state index in [-0.39, 0.29) is 15.8 Å². The molecular formula is C16H17Cl2NO. The zero-order valence-corrected chi connectivity index (χ0v) is 13.2. The van der Waals surface area contributed by atoms with E-state index in [1.54, 1.807) is 12.1 Å². The SMILES string of the molecule is Cc1cc(C)c(CNc2cc(Cl)c(O)c(Cl)c2)cc1C. The predicted molar refractivity (Wildman–Crippen MR) is 86.1 cm³/mol. The molecule has 0 saturated heterocycles. The van der Waals surface area contributed by atoms with Crippen LogP contribution < -0.4 is 5.32 Å². The van der Waals surface area contributed by atoms with Gasteiger partial charge in [0, 0.05) is 12.2 Å². The van der Waals surface area contributed by atoms with Gasteiger partial charge in [-0.15, -0.1) is 0 Å². The Bertz CT molecular complexity index is 630. The number of anilines is 1. The van der Waals surface area contributed by atoms with Crippen molar-refractivity contribution in [2.45, 2.75) is 27.3 Å². The van der Waals surface area contributed by atoms with Gasteiger partial charge in [0.25, 0.3) is 0 Å². The summed E-state index contributed by atoms with van der Waals surface area (Å²) in [7, 11) is 0. The van der Waals surface area contributed by atoms with Crippen molar-refractivity contribution in [2.24, 2.45) is 0 Å². The number of nitrogens with one attached hydrogen (secondary N) is 1. The van der Waals surface area contributed by atoms with Crippen LogP contribution in [0.4, 0.5) is 5.69 Å². The first-order valence-electron chi connectivity index (χ1n) is 6.37. The molecule has 0 spiro atoms. The van der Waals surface area contributed by atoms with Crippen molar-refractivity contribution >= 4 is 28.9 Å². The Morgan fingerprint density at radius 3 is 2.05 bits per heavy atom. The predicted octanol–water partition coefficient (Wildman–Crippen LogP) is 5.24. The lowest BCUT2D eigenvalue weighted by Crippen LogP contribution is -2.02. The van der Waals surface area contributed by atoms with Gasteiger partial charge in [0.15, 0.2) is 5.75 Å². The van der Waals surface area contributed by atoms with Crippen LogP contribution in [-0.4, -0.2) is 5.11 Å². The lowest BCUT2D eigenvalue weighted by atomic mass is 10.0. The average Bonchev–Trinajstić information content (AvgIpc) is 2.38. The van der Waals surface area contributed by atoms with E-state index < -0.39 is 0 Å². The fourth-order valence-corrected chi connectivity index (χ4v) is 2.56. The Kier molecular flexibility index (Phi) is 4.46. The molecule has 0 heterocycles. The van der Waals surface area contributed by atoms with Crippen LogP contribution in [-0.2, 0) is 6.54 Å². The van der Waals surface area contributed by atoms with E-state index in [1.807, 2.05) is 0 Å². The first-order valence-corrected chi connectivity index (χ1v) is 7.12. The second-order valence-electron chi connectivity index (χ2n) is 5.01. The van der Waals surface area contributed by atoms with Crippen molar-refractivity contribution in [1.29, 1.82) is 0 Å². The molecule has 0 bridgehead atoms. The van der Waals surface area contributed by atoms with E-state index in [0.717, 1.165) is 5.69 Å². The highest BCUT2D eigenvalue weighted by Gasteiger charge is 2.07. The van der Waals surface area contributed by atoms with Gasteiger partial charge in [-0.25, -0.2) is 0 Å². The van der Waals surface area contributed by atoms with Crippen LogP contribution in [0, 0.1) is 20.8 Å². The van der Waals surface area contributed by atoms with Gasteiger partial charge in [-0.1, -0.05) is 35.3 Å². The molecule has 0 aliphatic heterocycles. The van der Waals surface area contributed by atoms with Gasteiger partial charge in [0.1, 0.15) is 0 Å². The molecule has 0 aliphatic rings. The summed E-state index contributed by atoms with van der Waals surface area (Å²) < 4.78 is 0. The number of hydrogen-bond donors (Lipinski definition) is 2. The number of aryl methyl sites for hydroxylation is 3. The van der Waals surface area contributed by atoms with Crippen LogP contribution in [0.1, 0.15) is 22.3 Å². The van der Waals surface area contributed by atoms with Crippen molar-refractivity contribution in [2.75, 3.05) is 5.32 Å². The summed E-state index contributed by atoms with van der Waals surface area (Å²) in [6, 6.07) is 7.70. The molecule has 0 radical (unpaired) electrons. The largest absolute Gasteiger partial charge is 0.505 e. The molecule has 0 aliphatic carbocycles. The molecule has 0 saturated carbocycles. The number of aromatic hydroxyl groups is 1. The van der Waals surface area contributed by atoms with Crippen LogP contribution in [0.25, 0.3) is 0 Å². The molecule has 2 aromatic rings. The molecule has 0 atom stereocenters. The van der Waals surface area contributed by atoms with Crippen molar-refractivity contribution in [3.05, 3.63) is 56.6 Å². The summed E-state index contributed by atoms with van der Waals surface area (Å²) in [4.78, 5) is 0. The van der Waals surface area contributed by atoms with Crippen molar-refractivity contribution in [3.8, 4) is 5.75 Å². The summed E-state index contributed by atoms with van der Waals surface area (Å²) in [6.45, 7) is 7.00. The maximum absolute atomic E-state index is 9.54. The Balaban J connectivity index is 2.19. The molecule has 0 aromatic heterocycles. The van der Waals surface area contributed by atoms with E-state index in [2.05, 4.69) is 38.2 Å². The molecule has 0 unspecified atom stereocenters. The number of phenols is 1. The third-order valence-corrected chi connectivity index (χ3v) is 4.03. The highest BCUT2D eigenvalue weighted by Crippen LogP contribution is 2.34. The lowest BCUT2D eigenvalue weighted by molar-refractivity contribution is 0.476. The quantitative estimate of drug-likeness (QED) is 0.760. The van der Waals surface area contributed by atoms with Gasteiger partial charge in [-0.3, -0.25) is 0 Å². The van der Waals surface area contributed by atoms with Crippen molar-refractivity contribution in [1.82, 2.24) is 0 Å². The van der Waals surface area contributed by atoms with E-state index >= 15 is 0 Å². The summed E-state index contributed by atoms with van der Waals surface area (Å²) in [5, 5.41) is 13.3. The fraction of sp³-hybridized carbons (Fsp3) is 0.250. The normalized spacial score (nSPS) is 10.7. The minimum absolute atomic E-state index is 0.0822. The van der Waals surface area contributed by atoms with Crippen LogP contribution in [0.5, 0.6) is 5.75 Å². The number of rotatable bonds is 3. The van der Waals surface area contributed by atoms with Crippen LogP contribution in [0.3, 0.4) is 0 Å². The Morgan fingerprint density at radius 2 is 1.45 bits per heavy atom. The van der Waals surface area contributed by atoms with Gasteiger partial charge >= 0.3 is 0 Å². The molecule has 0 fully saturated rings. The number of phenolic OH excluding ortho intramolecular Hbond substituents is 1. The zero-order chi connectivity index (χ0) is 14.9. The third kappa shape index (κ3) is 3.20. The van der Waals surface area contributed by atoms with Gasteiger partial charge in [-0.2, -0.15) is 0 Å². The molecular weight excluding hydrogens is 293 g/mol. The van der Waals surface area contributed by atoms with E-state index in [0.29, 0.717) is 6.54 Å². The van der Waals surface area contributed by atoms with Crippen LogP contribution >= 0.6 is 23.2 Å². The Hall–Kier alpha value is -1.38. The summed E-state index contributed by atoms with van der Waals surface area (Å²) in [6.07, 6.45) is 0. The van der Waals surface area contributed by atoms with Crippen molar-refractivity contribution in [3.63, 3.8) is 0 Å². The van der Waals surface area contributed by atoms with Gasteiger partial charge in [0.05, 0.1) is 10.0 Å². The monoisotopic (exact) mass is 309 g/mol. The molecule has 2 N–H and O–H groups in total. The summed E-state index contributed by atoms with van der Waals surface area (Å²) >= 11 is 11.8. The van der Waals surface area contributed by atoms with E-state index in [4.69, 9.17) is 23.2 Å². The van der Waals surface area contributed by atoms with Gasteiger partial charge in [-0.05, 0) is 55.2 Å². The second-order valence-corrected chi connectivity index (χ2v) is 5.82.